The van der Waals surface area contributed by atoms with E-state index in [1.807, 2.05) is 0 Å². The third kappa shape index (κ3) is 1.28. The van der Waals surface area contributed by atoms with Crippen LogP contribution in [0.15, 0.2) is 24.4 Å². The normalized spacial score (nSPS) is 10.5. The van der Waals surface area contributed by atoms with E-state index in [0.29, 0.717) is 11.3 Å². The second-order valence-corrected chi connectivity index (χ2v) is 3.03. The minimum Gasteiger partial charge on any atom is -0.278 e. The van der Waals surface area contributed by atoms with Crippen LogP contribution in [0.4, 0.5) is 8.78 Å². The van der Waals surface area contributed by atoms with Crippen LogP contribution in [0.1, 0.15) is 5.56 Å². The summed E-state index contributed by atoms with van der Waals surface area (Å²) in [5.41, 5.74) is 0.970. The fourth-order valence-corrected chi connectivity index (χ4v) is 1.26. The summed E-state index contributed by atoms with van der Waals surface area (Å²) in [5.74, 6) is -1.65. The van der Waals surface area contributed by atoms with Gasteiger partial charge in [0.25, 0.3) is 0 Å². The van der Waals surface area contributed by atoms with E-state index in [-0.39, 0.29) is 5.56 Å². The maximum atomic E-state index is 13.4. The van der Waals surface area contributed by atoms with Crippen molar-refractivity contribution in [3.8, 4) is 11.3 Å². The number of hydrogen-bond acceptors (Lipinski definition) is 1. The van der Waals surface area contributed by atoms with Crippen molar-refractivity contribution in [2.75, 3.05) is 0 Å². The van der Waals surface area contributed by atoms with Crippen molar-refractivity contribution in [2.24, 2.45) is 0 Å². The van der Waals surface area contributed by atoms with Crippen LogP contribution in [-0.2, 0) is 0 Å². The fourth-order valence-electron chi connectivity index (χ4n) is 1.26. The minimum atomic E-state index is -0.839. The summed E-state index contributed by atoms with van der Waals surface area (Å²) in [6, 6.07) is 4.66. The highest BCUT2D eigenvalue weighted by Gasteiger charge is 2.12. The van der Waals surface area contributed by atoms with Gasteiger partial charge in [0.2, 0.25) is 0 Å². The van der Waals surface area contributed by atoms with E-state index in [2.05, 4.69) is 10.2 Å². The number of nitrogens with one attached hydrogen (secondary N) is 1. The van der Waals surface area contributed by atoms with Crippen molar-refractivity contribution in [1.29, 1.82) is 0 Å². The van der Waals surface area contributed by atoms with Crippen LogP contribution in [0.5, 0.6) is 0 Å². The average Bonchev–Trinajstić information content (AvgIpc) is 2.67. The number of aryl methyl sites for hydroxylation is 1. The molecule has 0 unspecified atom stereocenters. The molecule has 0 spiro atoms. The zero-order valence-corrected chi connectivity index (χ0v) is 7.51. The predicted molar refractivity (Wildman–Crippen MR) is 48.7 cm³/mol. The Bertz CT molecular complexity index is 449. The predicted octanol–water partition coefficient (Wildman–Crippen LogP) is 2.66. The minimum absolute atomic E-state index is 0.200. The molecule has 0 aliphatic carbocycles. The third-order valence-corrected chi connectivity index (χ3v) is 2.07. The molecule has 14 heavy (non-hydrogen) atoms. The van der Waals surface area contributed by atoms with E-state index in [9.17, 15) is 8.78 Å². The van der Waals surface area contributed by atoms with Gasteiger partial charge in [0.15, 0.2) is 11.6 Å². The molecule has 1 aromatic carbocycles. The molecule has 2 aromatic rings. The summed E-state index contributed by atoms with van der Waals surface area (Å²) in [7, 11) is 0. The summed E-state index contributed by atoms with van der Waals surface area (Å²) in [6.07, 6.45) is 1.49. The van der Waals surface area contributed by atoms with E-state index < -0.39 is 11.6 Å². The maximum Gasteiger partial charge on any atom is 0.168 e. The molecule has 0 aliphatic heterocycles. The van der Waals surface area contributed by atoms with Crippen LogP contribution >= 0.6 is 0 Å². The average molecular weight is 194 g/mol. The van der Waals surface area contributed by atoms with Gasteiger partial charge in [-0.2, -0.15) is 5.10 Å². The Hall–Kier alpha value is -1.71. The Morgan fingerprint density at radius 3 is 2.57 bits per heavy atom. The molecular formula is C10H8F2N2. The van der Waals surface area contributed by atoms with E-state index in [4.69, 9.17) is 0 Å². The van der Waals surface area contributed by atoms with Crippen LogP contribution < -0.4 is 0 Å². The lowest BCUT2D eigenvalue weighted by molar-refractivity contribution is 0.505. The largest absolute Gasteiger partial charge is 0.278 e. The molecular weight excluding hydrogens is 186 g/mol. The van der Waals surface area contributed by atoms with E-state index >= 15 is 0 Å². The second-order valence-electron chi connectivity index (χ2n) is 3.03. The number of hydrogen-bond donors (Lipinski definition) is 1. The van der Waals surface area contributed by atoms with Crippen molar-refractivity contribution < 1.29 is 8.78 Å². The van der Waals surface area contributed by atoms with Gasteiger partial charge in [0, 0.05) is 11.8 Å². The molecule has 1 aromatic heterocycles. The lowest BCUT2D eigenvalue weighted by Gasteiger charge is -2.03. The number of aromatic nitrogens is 2. The van der Waals surface area contributed by atoms with Gasteiger partial charge in [-0.1, -0.05) is 6.07 Å². The van der Waals surface area contributed by atoms with Crippen LogP contribution in [0, 0.1) is 18.6 Å². The first-order valence-electron chi connectivity index (χ1n) is 4.14. The Morgan fingerprint density at radius 1 is 1.14 bits per heavy atom. The molecule has 0 amide bonds. The first-order chi connectivity index (χ1) is 6.70. The van der Waals surface area contributed by atoms with Gasteiger partial charge in [0.1, 0.15) is 0 Å². The van der Waals surface area contributed by atoms with Crippen LogP contribution in [0.2, 0.25) is 0 Å². The molecule has 0 fully saturated rings. The lowest BCUT2D eigenvalue weighted by Crippen LogP contribution is -1.93. The molecule has 0 saturated carbocycles. The van der Waals surface area contributed by atoms with Gasteiger partial charge in [-0.3, -0.25) is 5.10 Å². The van der Waals surface area contributed by atoms with E-state index in [1.165, 1.54) is 25.3 Å². The van der Waals surface area contributed by atoms with Gasteiger partial charge in [0.05, 0.1) is 5.69 Å². The summed E-state index contributed by atoms with van der Waals surface area (Å²) in [6.45, 7) is 1.52. The topological polar surface area (TPSA) is 28.7 Å². The Kier molecular flexibility index (Phi) is 2.04. The monoisotopic (exact) mass is 194 g/mol. The molecule has 0 saturated heterocycles. The Balaban J connectivity index is 2.61. The van der Waals surface area contributed by atoms with Crippen LogP contribution in [0.25, 0.3) is 11.3 Å². The van der Waals surface area contributed by atoms with E-state index in [1.54, 1.807) is 6.07 Å². The highest BCUT2D eigenvalue weighted by Crippen LogP contribution is 2.23. The Labute approximate surface area is 79.6 Å². The van der Waals surface area contributed by atoms with Crippen molar-refractivity contribution in [3.05, 3.63) is 41.6 Å². The lowest BCUT2D eigenvalue weighted by atomic mass is 10.1. The van der Waals surface area contributed by atoms with E-state index in [0.717, 1.165) is 0 Å². The third-order valence-electron chi connectivity index (χ3n) is 2.07. The molecule has 0 radical (unpaired) electrons. The second kappa shape index (κ2) is 3.21. The van der Waals surface area contributed by atoms with Gasteiger partial charge < -0.3 is 0 Å². The molecule has 2 rings (SSSR count). The Morgan fingerprint density at radius 2 is 1.93 bits per heavy atom. The number of H-pyrrole nitrogens is 1. The number of benzene rings is 1. The summed E-state index contributed by atoms with van der Waals surface area (Å²) in [4.78, 5) is 0. The molecule has 0 aliphatic rings. The zero-order valence-electron chi connectivity index (χ0n) is 7.51. The fraction of sp³-hybridized carbons (Fsp3) is 0.100. The zero-order chi connectivity index (χ0) is 10.1. The van der Waals surface area contributed by atoms with Crippen molar-refractivity contribution >= 4 is 0 Å². The number of rotatable bonds is 1. The maximum absolute atomic E-state index is 13.4. The molecule has 72 valence electrons. The van der Waals surface area contributed by atoms with Gasteiger partial charge in [-0.15, -0.1) is 0 Å². The number of halogens is 2. The SMILES string of the molecule is Cc1ccc(-c2ccn[nH]2)c(F)c1F. The molecule has 0 bridgehead atoms. The molecule has 4 heteroatoms. The summed E-state index contributed by atoms with van der Waals surface area (Å²) < 4.78 is 26.6. The molecule has 2 nitrogen and oxygen atoms in total. The quantitative estimate of drug-likeness (QED) is 0.742. The first kappa shape index (κ1) is 8.87. The van der Waals surface area contributed by atoms with Gasteiger partial charge >= 0.3 is 0 Å². The van der Waals surface area contributed by atoms with Crippen LogP contribution in [0.3, 0.4) is 0 Å². The molecule has 1 N–H and O–H groups in total. The van der Waals surface area contributed by atoms with Crippen molar-refractivity contribution in [3.63, 3.8) is 0 Å². The molecule has 1 heterocycles. The summed E-state index contributed by atoms with van der Waals surface area (Å²) >= 11 is 0. The van der Waals surface area contributed by atoms with Gasteiger partial charge in [-0.05, 0) is 24.6 Å². The van der Waals surface area contributed by atoms with Crippen LogP contribution in [-0.4, -0.2) is 10.2 Å². The highest BCUT2D eigenvalue weighted by molar-refractivity contribution is 5.60. The number of aromatic amines is 1. The highest BCUT2D eigenvalue weighted by atomic mass is 19.2. The summed E-state index contributed by atoms with van der Waals surface area (Å²) in [5, 5.41) is 6.26. The van der Waals surface area contributed by atoms with Crippen molar-refractivity contribution in [1.82, 2.24) is 10.2 Å². The number of nitrogens with zero attached hydrogens (tertiary/aromatic N) is 1. The molecule has 0 atom stereocenters. The first-order valence-corrected chi connectivity index (χ1v) is 4.14. The van der Waals surface area contributed by atoms with Crippen molar-refractivity contribution in [2.45, 2.75) is 6.92 Å². The van der Waals surface area contributed by atoms with Gasteiger partial charge in [-0.25, -0.2) is 8.78 Å². The standard InChI is InChI=1S/C10H8F2N2/c1-6-2-3-7(10(12)9(6)11)8-4-5-13-14-8/h2-5H,1H3,(H,13,14). The smallest absolute Gasteiger partial charge is 0.168 e.